The van der Waals surface area contributed by atoms with Crippen molar-refractivity contribution in [1.82, 2.24) is 4.98 Å². The Balaban J connectivity index is 3.00. The van der Waals surface area contributed by atoms with E-state index in [0.29, 0.717) is 29.6 Å². The van der Waals surface area contributed by atoms with Crippen molar-refractivity contribution in [3.63, 3.8) is 0 Å². The summed E-state index contributed by atoms with van der Waals surface area (Å²) in [6, 6.07) is 7.41. The van der Waals surface area contributed by atoms with E-state index in [0.717, 1.165) is 0 Å². The van der Waals surface area contributed by atoms with Crippen LogP contribution in [0.15, 0.2) is 12.1 Å². The van der Waals surface area contributed by atoms with E-state index in [4.69, 9.17) is 22.1 Å². The summed E-state index contributed by atoms with van der Waals surface area (Å²) in [5, 5.41) is 18.0. The Labute approximate surface area is 106 Å². The average molecular weight is 249 g/mol. The second-order valence-electron chi connectivity index (χ2n) is 3.72. The quantitative estimate of drug-likeness (QED) is 0.769. The fourth-order valence-electron chi connectivity index (χ4n) is 1.47. The largest absolute Gasteiger partial charge is 0.356 e. The fraction of sp³-hybridized carbons (Fsp3) is 0.417. The minimum atomic E-state index is -0.0960. The Hall–Kier alpha value is -1.78. The standard InChI is InChI=1S/C12H13ClN4/c1-3-17(8-9(2)6-14)12-5-10(7-15)4-11(13)16-12/h4-5,9H,3,8H2,1-2H3. The second-order valence-corrected chi connectivity index (χ2v) is 4.10. The first-order valence-electron chi connectivity index (χ1n) is 5.33. The Kier molecular flexibility index (Phi) is 4.75. The van der Waals surface area contributed by atoms with Crippen LogP contribution >= 0.6 is 11.6 Å². The van der Waals surface area contributed by atoms with Crippen LogP contribution in [0.1, 0.15) is 19.4 Å². The number of aromatic nitrogens is 1. The summed E-state index contributed by atoms with van der Waals surface area (Å²) in [6.07, 6.45) is 0. The maximum Gasteiger partial charge on any atom is 0.132 e. The topological polar surface area (TPSA) is 63.7 Å². The van der Waals surface area contributed by atoms with Gasteiger partial charge in [0.25, 0.3) is 0 Å². The third-order valence-corrected chi connectivity index (χ3v) is 2.52. The van der Waals surface area contributed by atoms with Crippen LogP contribution in [-0.4, -0.2) is 18.1 Å². The molecule has 0 bridgehead atoms. The van der Waals surface area contributed by atoms with Gasteiger partial charge in [0.15, 0.2) is 0 Å². The molecule has 0 aliphatic heterocycles. The van der Waals surface area contributed by atoms with E-state index < -0.39 is 0 Å². The number of pyridine rings is 1. The van der Waals surface area contributed by atoms with Gasteiger partial charge in [-0.05, 0) is 26.0 Å². The van der Waals surface area contributed by atoms with Crippen molar-refractivity contribution in [1.29, 1.82) is 10.5 Å². The normalized spacial score (nSPS) is 11.4. The Morgan fingerprint density at radius 3 is 2.71 bits per heavy atom. The molecular weight excluding hydrogens is 236 g/mol. The molecule has 0 saturated carbocycles. The number of nitrogens with zero attached hydrogens (tertiary/aromatic N) is 4. The molecule has 1 rings (SSSR count). The molecule has 1 unspecified atom stereocenters. The zero-order valence-corrected chi connectivity index (χ0v) is 10.6. The number of anilines is 1. The minimum Gasteiger partial charge on any atom is -0.356 e. The van der Waals surface area contributed by atoms with Crippen LogP contribution in [0.5, 0.6) is 0 Å². The van der Waals surface area contributed by atoms with Gasteiger partial charge >= 0.3 is 0 Å². The summed E-state index contributed by atoms with van der Waals surface area (Å²) in [7, 11) is 0. The highest BCUT2D eigenvalue weighted by Gasteiger charge is 2.11. The molecule has 1 aromatic heterocycles. The van der Waals surface area contributed by atoms with Crippen LogP contribution in [0.3, 0.4) is 0 Å². The first-order valence-corrected chi connectivity index (χ1v) is 5.70. The summed E-state index contributed by atoms with van der Waals surface area (Å²) in [5.74, 6) is 0.542. The Morgan fingerprint density at radius 1 is 1.47 bits per heavy atom. The lowest BCUT2D eigenvalue weighted by Gasteiger charge is -2.23. The van der Waals surface area contributed by atoms with Crippen molar-refractivity contribution in [2.24, 2.45) is 5.92 Å². The highest BCUT2D eigenvalue weighted by Crippen LogP contribution is 2.18. The zero-order valence-electron chi connectivity index (χ0n) is 9.81. The van der Waals surface area contributed by atoms with Gasteiger partial charge in [-0.15, -0.1) is 0 Å². The van der Waals surface area contributed by atoms with Gasteiger partial charge in [0.05, 0.1) is 23.6 Å². The first kappa shape index (κ1) is 13.3. The van der Waals surface area contributed by atoms with Crippen molar-refractivity contribution in [2.75, 3.05) is 18.0 Å². The molecule has 0 aromatic carbocycles. The van der Waals surface area contributed by atoms with E-state index in [-0.39, 0.29) is 5.92 Å². The van der Waals surface area contributed by atoms with Crippen LogP contribution in [-0.2, 0) is 0 Å². The molecule has 0 aliphatic carbocycles. The van der Waals surface area contributed by atoms with E-state index in [1.165, 1.54) is 6.07 Å². The van der Waals surface area contributed by atoms with Crippen LogP contribution in [0.2, 0.25) is 5.15 Å². The minimum absolute atomic E-state index is 0.0960. The molecule has 88 valence electrons. The van der Waals surface area contributed by atoms with Crippen molar-refractivity contribution in [3.8, 4) is 12.1 Å². The summed E-state index contributed by atoms with van der Waals surface area (Å²) in [5.41, 5.74) is 0.475. The maximum absolute atomic E-state index is 8.86. The van der Waals surface area contributed by atoms with E-state index in [2.05, 4.69) is 11.1 Å². The van der Waals surface area contributed by atoms with Crippen LogP contribution in [0.4, 0.5) is 5.82 Å². The van der Waals surface area contributed by atoms with Gasteiger partial charge in [0.1, 0.15) is 11.0 Å². The molecule has 0 spiro atoms. The van der Waals surface area contributed by atoms with Gasteiger partial charge in [-0.2, -0.15) is 10.5 Å². The SMILES string of the molecule is CCN(CC(C)C#N)c1cc(C#N)cc(Cl)n1. The Bertz CT molecular complexity index is 472. The first-order chi connectivity index (χ1) is 8.10. The van der Waals surface area contributed by atoms with Gasteiger partial charge < -0.3 is 4.90 Å². The average Bonchev–Trinajstić information content (AvgIpc) is 2.34. The molecule has 0 fully saturated rings. The molecule has 5 heteroatoms. The van der Waals surface area contributed by atoms with E-state index in [1.807, 2.05) is 24.8 Å². The number of hydrogen-bond donors (Lipinski definition) is 0. The molecule has 1 atom stereocenters. The van der Waals surface area contributed by atoms with Gasteiger partial charge in [-0.3, -0.25) is 0 Å². The van der Waals surface area contributed by atoms with Crippen molar-refractivity contribution >= 4 is 17.4 Å². The molecule has 0 aliphatic rings. The highest BCUT2D eigenvalue weighted by molar-refractivity contribution is 6.29. The molecule has 0 amide bonds. The van der Waals surface area contributed by atoms with Crippen molar-refractivity contribution in [2.45, 2.75) is 13.8 Å². The van der Waals surface area contributed by atoms with E-state index in [1.54, 1.807) is 6.07 Å². The van der Waals surface area contributed by atoms with Crippen LogP contribution < -0.4 is 4.90 Å². The van der Waals surface area contributed by atoms with Gasteiger partial charge in [0, 0.05) is 13.1 Å². The predicted molar refractivity (Wildman–Crippen MR) is 66.6 cm³/mol. The van der Waals surface area contributed by atoms with E-state index in [9.17, 15) is 0 Å². The second kappa shape index (κ2) is 6.08. The molecule has 0 radical (unpaired) electrons. The Morgan fingerprint density at radius 2 is 2.18 bits per heavy atom. The van der Waals surface area contributed by atoms with Crippen LogP contribution in [0.25, 0.3) is 0 Å². The number of nitriles is 2. The third-order valence-electron chi connectivity index (χ3n) is 2.33. The van der Waals surface area contributed by atoms with Gasteiger partial charge in [-0.1, -0.05) is 11.6 Å². The summed E-state index contributed by atoms with van der Waals surface area (Å²) in [4.78, 5) is 6.10. The molecule has 0 saturated heterocycles. The molecular formula is C12H13ClN4. The monoisotopic (exact) mass is 248 g/mol. The highest BCUT2D eigenvalue weighted by atomic mass is 35.5. The smallest absolute Gasteiger partial charge is 0.132 e. The van der Waals surface area contributed by atoms with Crippen LogP contribution in [0, 0.1) is 28.6 Å². The molecule has 4 nitrogen and oxygen atoms in total. The summed E-state index contributed by atoms with van der Waals surface area (Å²) in [6.45, 7) is 5.10. The summed E-state index contributed by atoms with van der Waals surface area (Å²) < 4.78 is 0. The molecule has 17 heavy (non-hydrogen) atoms. The van der Waals surface area contributed by atoms with Crippen molar-refractivity contribution in [3.05, 3.63) is 22.8 Å². The zero-order chi connectivity index (χ0) is 12.8. The lowest BCUT2D eigenvalue weighted by Crippen LogP contribution is -2.28. The fourth-order valence-corrected chi connectivity index (χ4v) is 1.67. The number of hydrogen-bond acceptors (Lipinski definition) is 4. The molecule has 0 N–H and O–H groups in total. The molecule has 1 heterocycles. The van der Waals surface area contributed by atoms with Crippen molar-refractivity contribution < 1.29 is 0 Å². The third kappa shape index (κ3) is 3.62. The molecule has 1 aromatic rings. The maximum atomic E-state index is 8.86. The van der Waals surface area contributed by atoms with E-state index >= 15 is 0 Å². The van der Waals surface area contributed by atoms with Gasteiger partial charge in [-0.25, -0.2) is 4.98 Å². The summed E-state index contributed by atoms with van der Waals surface area (Å²) >= 11 is 5.85. The van der Waals surface area contributed by atoms with Gasteiger partial charge in [0.2, 0.25) is 0 Å². The lowest BCUT2D eigenvalue weighted by atomic mass is 10.2. The number of rotatable bonds is 4. The number of halogens is 1. The lowest BCUT2D eigenvalue weighted by molar-refractivity contribution is 0.679. The predicted octanol–water partition coefficient (Wildman–Crippen LogP) is 2.59.